The van der Waals surface area contributed by atoms with Gasteiger partial charge in [0.2, 0.25) is 5.91 Å². The number of carbonyl (C=O) groups excluding carboxylic acids is 5. The molecule has 0 spiro atoms. The molecule has 0 heterocycles. The molecule has 0 radical (unpaired) electrons. The van der Waals surface area contributed by atoms with Crippen molar-refractivity contribution < 1.29 is 57.5 Å². The first-order valence-corrected chi connectivity index (χ1v) is 13.4. The highest BCUT2D eigenvalue weighted by Crippen LogP contribution is 1.99. The van der Waals surface area contributed by atoms with E-state index >= 15 is 0 Å². The second-order valence-corrected chi connectivity index (χ2v) is 8.43. The molecule has 15 heteroatoms. The van der Waals surface area contributed by atoms with E-state index < -0.39 is 24.2 Å². The van der Waals surface area contributed by atoms with Crippen LogP contribution in [-0.2, 0) is 42.8 Å². The number of carboxylic acid groups (broad SMARTS) is 1. The number of hydrogen-bond donors (Lipinski definition) is 2. The van der Waals surface area contributed by atoms with Crippen molar-refractivity contribution in [3.63, 3.8) is 0 Å². The Morgan fingerprint density at radius 3 is 2.10 bits per heavy atom. The molecule has 15 nitrogen and oxygen atoms in total. The van der Waals surface area contributed by atoms with Crippen molar-refractivity contribution in [2.24, 2.45) is 0 Å². The molecular formula is C25H44N3O12-. The maximum absolute atomic E-state index is 12.3. The first kappa shape index (κ1) is 36.8. The van der Waals surface area contributed by atoms with Crippen LogP contribution in [0.1, 0.15) is 46.0 Å². The Morgan fingerprint density at radius 2 is 1.40 bits per heavy atom. The Bertz CT molecular complexity index is 723. The number of nitrogens with one attached hydrogen (secondary N) is 2. The lowest BCUT2D eigenvalue weighted by Gasteiger charge is -2.21. The second-order valence-electron chi connectivity index (χ2n) is 8.43. The molecule has 0 bridgehead atoms. The van der Waals surface area contributed by atoms with Crippen LogP contribution in [0.2, 0.25) is 0 Å². The third-order valence-electron chi connectivity index (χ3n) is 4.91. The van der Waals surface area contributed by atoms with E-state index in [1.54, 1.807) is 4.90 Å². The largest absolute Gasteiger partial charge is 0.550 e. The lowest BCUT2D eigenvalue weighted by Crippen LogP contribution is -2.41. The zero-order chi connectivity index (χ0) is 29.8. The molecule has 2 amide bonds. The fourth-order valence-corrected chi connectivity index (χ4v) is 2.99. The van der Waals surface area contributed by atoms with Gasteiger partial charge in [-0.1, -0.05) is 19.8 Å². The summed E-state index contributed by atoms with van der Waals surface area (Å²) in [6.07, 6.45) is 1.56. The molecule has 0 fully saturated rings. The molecule has 232 valence electrons. The highest BCUT2D eigenvalue weighted by Gasteiger charge is 2.13. The monoisotopic (exact) mass is 578 g/mol. The number of alkyl carbamates (subject to hydrolysis) is 1. The smallest absolute Gasteiger partial charge is 0.407 e. The number of hydrogen-bond acceptors (Lipinski definition) is 13. The van der Waals surface area contributed by atoms with Gasteiger partial charge in [-0.2, -0.15) is 0 Å². The molecule has 0 aliphatic heterocycles. The maximum Gasteiger partial charge on any atom is 0.407 e. The zero-order valence-electron chi connectivity index (χ0n) is 23.6. The van der Waals surface area contributed by atoms with Gasteiger partial charge in [-0.25, -0.2) is 9.59 Å². The summed E-state index contributed by atoms with van der Waals surface area (Å²) in [5.41, 5.74) is 0. The fraction of sp³-hybridized carbons (Fsp3) is 0.800. The van der Waals surface area contributed by atoms with Crippen LogP contribution in [0.25, 0.3) is 0 Å². The number of rotatable bonds is 25. The lowest BCUT2D eigenvalue weighted by molar-refractivity contribution is -0.282. The van der Waals surface area contributed by atoms with Gasteiger partial charge in [0.15, 0.2) is 0 Å². The Hall–Kier alpha value is -3.17. The second kappa shape index (κ2) is 26.1. The van der Waals surface area contributed by atoms with Crippen LogP contribution in [-0.4, -0.2) is 121 Å². The normalized spacial score (nSPS) is 10.6. The van der Waals surface area contributed by atoms with Gasteiger partial charge in [0.05, 0.1) is 33.0 Å². The Morgan fingerprint density at radius 1 is 0.700 bits per heavy atom. The van der Waals surface area contributed by atoms with E-state index in [-0.39, 0.29) is 71.8 Å². The minimum absolute atomic E-state index is 0.0137. The number of esters is 2. The summed E-state index contributed by atoms with van der Waals surface area (Å²) in [6.45, 7) is 5.43. The summed E-state index contributed by atoms with van der Waals surface area (Å²) in [6, 6.07) is 0. The molecule has 0 aromatic rings. The average Bonchev–Trinajstić information content (AvgIpc) is 2.89. The van der Waals surface area contributed by atoms with Crippen molar-refractivity contribution in [1.29, 1.82) is 0 Å². The van der Waals surface area contributed by atoms with Gasteiger partial charge >= 0.3 is 18.0 Å². The summed E-state index contributed by atoms with van der Waals surface area (Å²) < 4.78 is 29.7. The zero-order valence-corrected chi connectivity index (χ0v) is 23.6. The molecule has 0 saturated heterocycles. The molecular weight excluding hydrogens is 534 g/mol. The third-order valence-corrected chi connectivity index (χ3v) is 4.91. The van der Waals surface area contributed by atoms with Crippen LogP contribution in [0.15, 0.2) is 0 Å². The van der Waals surface area contributed by atoms with Crippen LogP contribution in [0.5, 0.6) is 0 Å². The topological polar surface area (TPSA) is 191 Å². The number of unbranched alkanes of at least 4 members (excludes halogenated alkanes) is 3. The SMILES string of the molecule is CCCOC(=O)NCCOCCOCC(=O)OCCN(CCOC(C)=O)CC(=O)NCCCCCCOC(=O)[O-]. The maximum atomic E-state index is 12.3. The van der Waals surface area contributed by atoms with E-state index in [9.17, 15) is 29.1 Å². The van der Waals surface area contributed by atoms with Crippen molar-refractivity contribution in [2.45, 2.75) is 46.0 Å². The van der Waals surface area contributed by atoms with Crippen molar-refractivity contribution in [3.05, 3.63) is 0 Å². The predicted molar refractivity (Wildman–Crippen MR) is 138 cm³/mol. The molecule has 0 aromatic carbocycles. The van der Waals surface area contributed by atoms with E-state index in [1.807, 2.05) is 6.92 Å². The standard InChI is InChI=1S/C25H45N3O12/c1-3-12-39-24(32)27-9-14-35-17-18-36-20-23(31)38-16-11-28(10-15-37-21(2)29)19-22(30)26-8-6-4-5-7-13-40-25(33)34/h3-20H2,1-2H3,(H,26,30)(H,27,32)(H,33,34)/p-1. The van der Waals surface area contributed by atoms with Crippen molar-refractivity contribution >= 4 is 30.1 Å². The van der Waals surface area contributed by atoms with Crippen LogP contribution < -0.4 is 15.7 Å². The highest BCUT2D eigenvalue weighted by atomic mass is 16.7. The summed E-state index contributed by atoms with van der Waals surface area (Å²) in [5.74, 6) is -1.24. The molecule has 40 heavy (non-hydrogen) atoms. The average molecular weight is 579 g/mol. The number of ether oxygens (including phenoxy) is 6. The summed E-state index contributed by atoms with van der Waals surface area (Å²) in [5, 5.41) is 15.5. The Labute approximate surface area is 235 Å². The van der Waals surface area contributed by atoms with Crippen LogP contribution in [0.4, 0.5) is 9.59 Å². The Kier molecular flexibility index (Phi) is 24.0. The van der Waals surface area contributed by atoms with Gasteiger partial charge in [-0.05, 0) is 19.3 Å². The van der Waals surface area contributed by atoms with E-state index in [2.05, 4.69) is 15.4 Å². The molecule has 0 aliphatic carbocycles. The van der Waals surface area contributed by atoms with Gasteiger partial charge in [0.25, 0.3) is 6.16 Å². The van der Waals surface area contributed by atoms with E-state index in [4.69, 9.17) is 23.7 Å². The van der Waals surface area contributed by atoms with Gasteiger partial charge in [-0.3, -0.25) is 14.5 Å². The van der Waals surface area contributed by atoms with E-state index in [0.29, 0.717) is 26.1 Å². The van der Waals surface area contributed by atoms with Crippen LogP contribution in [0.3, 0.4) is 0 Å². The molecule has 0 saturated carbocycles. The summed E-state index contributed by atoms with van der Waals surface area (Å²) >= 11 is 0. The highest BCUT2D eigenvalue weighted by molar-refractivity contribution is 5.78. The molecule has 2 N–H and O–H groups in total. The van der Waals surface area contributed by atoms with E-state index in [0.717, 1.165) is 25.7 Å². The minimum Gasteiger partial charge on any atom is -0.550 e. The van der Waals surface area contributed by atoms with Gasteiger partial charge in [0, 0.05) is 39.7 Å². The molecule has 0 aromatic heterocycles. The number of amides is 2. The first-order chi connectivity index (χ1) is 19.2. The van der Waals surface area contributed by atoms with Crippen LogP contribution >= 0.6 is 0 Å². The third kappa shape index (κ3) is 26.4. The summed E-state index contributed by atoms with van der Waals surface area (Å²) in [7, 11) is 0. The molecule has 0 unspecified atom stereocenters. The van der Waals surface area contributed by atoms with E-state index in [1.165, 1.54) is 6.92 Å². The number of carbonyl (C=O) groups is 5. The Balaban J connectivity index is 4.02. The first-order valence-electron chi connectivity index (χ1n) is 13.4. The van der Waals surface area contributed by atoms with Gasteiger partial charge in [0.1, 0.15) is 19.8 Å². The predicted octanol–water partition coefficient (Wildman–Crippen LogP) is -0.399. The van der Waals surface area contributed by atoms with Crippen molar-refractivity contribution in [2.75, 3.05) is 85.6 Å². The minimum atomic E-state index is -1.54. The van der Waals surface area contributed by atoms with Gasteiger partial charge in [-0.15, -0.1) is 0 Å². The van der Waals surface area contributed by atoms with Crippen molar-refractivity contribution in [3.8, 4) is 0 Å². The quantitative estimate of drug-likeness (QED) is 0.0809. The van der Waals surface area contributed by atoms with Crippen LogP contribution in [0, 0.1) is 0 Å². The van der Waals surface area contributed by atoms with Crippen molar-refractivity contribution in [1.82, 2.24) is 15.5 Å². The molecule has 0 aliphatic rings. The number of nitrogens with zero attached hydrogens (tertiary/aromatic N) is 1. The lowest BCUT2D eigenvalue weighted by atomic mass is 10.2. The molecule has 0 rings (SSSR count). The van der Waals surface area contributed by atoms with Gasteiger partial charge < -0.3 is 49.0 Å². The summed E-state index contributed by atoms with van der Waals surface area (Å²) in [4.78, 5) is 58.3. The fourth-order valence-electron chi connectivity index (χ4n) is 2.99. The molecule has 0 atom stereocenters.